The number of para-hydroxylation sites is 1. The standard InChI is InChI=1S/C29H26FN3O2/c30-26-14-7-13-24(17-26)29(35)33(19-22-9-6-8-21(16-22)18-31)20-25-12-4-5-15-27(25)32-28(34)23-10-2-1-3-11-23/h1-17H,18-20,31H2,(H,32,34). The van der Waals surface area contributed by atoms with Crippen LogP contribution < -0.4 is 11.1 Å². The van der Waals surface area contributed by atoms with Crippen molar-refractivity contribution in [3.8, 4) is 0 Å². The molecule has 6 heteroatoms. The van der Waals surface area contributed by atoms with Gasteiger partial charge < -0.3 is 16.0 Å². The number of carbonyl (C=O) groups excluding carboxylic acids is 2. The Bertz CT molecular complexity index is 1320. The zero-order chi connectivity index (χ0) is 24.6. The molecule has 2 amide bonds. The Morgan fingerprint density at radius 3 is 2.20 bits per heavy atom. The summed E-state index contributed by atoms with van der Waals surface area (Å²) in [6.07, 6.45) is 0. The molecule has 0 aliphatic carbocycles. The monoisotopic (exact) mass is 467 g/mol. The second-order valence-electron chi connectivity index (χ2n) is 8.17. The minimum Gasteiger partial charge on any atom is -0.330 e. The van der Waals surface area contributed by atoms with Crippen molar-refractivity contribution in [1.29, 1.82) is 0 Å². The van der Waals surface area contributed by atoms with Crippen molar-refractivity contribution >= 4 is 17.5 Å². The van der Waals surface area contributed by atoms with Crippen LogP contribution in [-0.2, 0) is 19.6 Å². The van der Waals surface area contributed by atoms with Crippen LogP contribution in [-0.4, -0.2) is 16.7 Å². The summed E-state index contributed by atoms with van der Waals surface area (Å²) in [4.78, 5) is 27.9. The fourth-order valence-electron chi connectivity index (χ4n) is 3.85. The van der Waals surface area contributed by atoms with Crippen LogP contribution in [0.3, 0.4) is 0 Å². The number of nitrogens with zero attached hydrogens (tertiary/aromatic N) is 1. The average Bonchev–Trinajstić information content (AvgIpc) is 2.89. The Morgan fingerprint density at radius 1 is 0.743 bits per heavy atom. The van der Waals surface area contributed by atoms with E-state index >= 15 is 0 Å². The Kier molecular flexibility index (Phi) is 7.65. The first-order valence-electron chi connectivity index (χ1n) is 11.3. The third kappa shape index (κ3) is 6.19. The van der Waals surface area contributed by atoms with E-state index < -0.39 is 5.82 Å². The third-order valence-corrected chi connectivity index (χ3v) is 5.62. The predicted molar refractivity (Wildman–Crippen MR) is 135 cm³/mol. The summed E-state index contributed by atoms with van der Waals surface area (Å²) in [5.74, 6) is -1.03. The van der Waals surface area contributed by atoms with Gasteiger partial charge in [0.2, 0.25) is 0 Å². The molecule has 0 heterocycles. The molecule has 4 aromatic carbocycles. The minimum absolute atomic E-state index is 0.216. The first-order chi connectivity index (χ1) is 17.0. The van der Waals surface area contributed by atoms with Crippen LogP contribution in [0, 0.1) is 5.82 Å². The molecule has 0 radical (unpaired) electrons. The van der Waals surface area contributed by atoms with E-state index in [2.05, 4.69) is 5.32 Å². The zero-order valence-electron chi connectivity index (χ0n) is 19.2. The van der Waals surface area contributed by atoms with Crippen molar-refractivity contribution in [2.24, 2.45) is 5.73 Å². The van der Waals surface area contributed by atoms with Gasteiger partial charge in [-0.05, 0) is 53.1 Å². The number of amides is 2. The molecule has 0 saturated carbocycles. The molecule has 0 saturated heterocycles. The van der Waals surface area contributed by atoms with Gasteiger partial charge in [0.25, 0.3) is 11.8 Å². The normalized spacial score (nSPS) is 10.6. The van der Waals surface area contributed by atoms with Crippen LogP contribution >= 0.6 is 0 Å². The van der Waals surface area contributed by atoms with E-state index in [0.29, 0.717) is 24.3 Å². The Labute approximate surface area is 204 Å². The lowest BCUT2D eigenvalue weighted by Crippen LogP contribution is -2.30. The Hall–Kier alpha value is -4.29. The Balaban J connectivity index is 1.64. The maximum absolute atomic E-state index is 13.9. The maximum atomic E-state index is 13.9. The highest BCUT2D eigenvalue weighted by atomic mass is 19.1. The van der Waals surface area contributed by atoms with E-state index in [1.807, 2.05) is 48.5 Å². The lowest BCUT2D eigenvalue weighted by molar-refractivity contribution is 0.0730. The first-order valence-corrected chi connectivity index (χ1v) is 11.3. The number of nitrogens with one attached hydrogen (secondary N) is 1. The molecule has 5 nitrogen and oxygen atoms in total. The number of halogens is 1. The second kappa shape index (κ2) is 11.2. The lowest BCUT2D eigenvalue weighted by atomic mass is 10.1. The molecule has 0 atom stereocenters. The molecule has 0 aliphatic rings. The van der Waals surface area contributed by atoms with Crippen LogP contribution in [0.5, 0.6) is 0 Å². The van der Waals surface area contributed by atoms with E-state index in [9.17, 15) is 14.0 Å². The van der Waals surface area contributed by atoms with Crippen molar-refractivity contribution in [2.45, 2.75) is 19.6 Å². The van der Waals surface area contributed by atoms with Crippen molar-refractivity contribution in [1.82, 2.24) is 4.90 Å². The summed E-state index contributed by atoms with van der Waals surface area (Å²) in [5.41, 5.74) is 9.81. The van der Waals surface area contributed by atoms with Gasteiger partial charge in [-0.3, -0.25) is 9.59 Å². The summed E-state index contributed by atoms with van der Waals surface area (Å²) in [5, 5.41) is 2.95. The summed E-state index contributed by atoms with van der Waals surface area (Å²) < 4.78 is 13.9. The van der Waals surface area contributed by atoms with Gasteiger partial charge in [0.05, 0.1) is 0 Å². The van der Waals surface area contributed by atoms with Crippen LogP contribution in [0.1, 0.15) is 37.4 Å². The highest BCUT2D eigenvalue weighted by Crippen LogP contribution is 2.22. The second-order valence-corrected chi connectivity index (χ2v) is 8.17. The molecule has 0 bridgehead atoms. The van der Waals surface area contributed by atoms with Gasteiger partial charge in [-0.1, -0.05) is 66.7 Å². The van der Waals surface area contributed by atoms with Gasteiger partial charge in [-0.2, -0.15) is 0 Å². The number of benzene rings is 4. The molecule has 0 fully saturated rings. The van der Waals surface area contributed by atoms with Gasteiger partial charge in [-0.15, -0.1) is 0 Å². The van der Waals surface area contributed by atoms with Crippen molar-refractivity contribution in [3.05, 3.63) is 137 Å². The molecule has 4 aromatic rings. The van der Waals surface area contributed by atoms with Crippen LogP contribution in [0.15, 0.2) is 103 Å². The van der Waals surface area contributed by atoms with E-state index in [1.54, 1.807) is 41.3 Å². The highest BCUT2D eigenvalue weighted by molar-refractivity contribution is 6.04. The number of anilines is 1. The van der Waals surface area contributed by atoms with Crippen LogP contribution in [0.2, 0.25) is 0 Å². The molecule has 4 rings (SSSR count). The fourth-order valence-corrected chi connectivity index (χ4v) is 3.85. The number of carbonyl (C=O) groups is 2. The molecule has 176 valence electrons. The number of hydrogen-bond donors (Lipinski definition) is 2. The third-order valence-electron chi connectivity index (χ3n) is 5.62. The highest BCUT2D eigenvalue weighted by Gasteiger charge is 2.19. The van der Waals surface area contributed by atoms with E-state index in [4.69, 9.17) is 5.73 Å². The summed E-state index contributed by atoms with van der Waals surface area (Å²) >= 11 is 0. The molecular formula is C29H26FN3O2. The van der Waals surface area contributed by atoms with Gasteiger partial charge >= 0.3 is 0 Å². The molecule has 0 unspecified atom stereocenters. The molecule has 0 aromatic heterocycles. The smallest absolute Gasteiger partial charge is 0.255 e. The minimum atomic E-state index is -0.476. The Morgan fingerprint density at radius 2 is 1.43 bits per heavy atom. The van der Waals surface area contributed by atoms with Crippen LogP contribution in [0.4, 0.5) is 10.1 Å². The van der Waals surface area contributed by atoms with Gasteiger partial charge in [0.1, 0.15) is 5.82 Å². The molecule has 0 spiro atoms. The SMILES string of the molecule is NCc1cccc(CN(Cc2ccccc2NC(=O)c2ccccc2)C(=O)c2cccc(F)c2)c1. The quantitative estimate of drug-likeness (QED) is 0.365. The van der Waals surface area contributed by atoms with E-state index in [0.717, 1.165) is 16.7 Å². The van der Waals surface area contributed by atoms with Crippen molar-refractivity contribution in [3.63, 3.8) is 0 Å². The van der Waals surface area contributed by atoms with Gasteiger partial charge in [0, 0.05) is 36.4 Å². The lowest BCUT2D eigenvalue weighted by Gasteiger charge is -2.25. The van der Waals surface area contributed by atoms with E-state index in [1.165, 1.54) is 18.2 Å². The predicted octanol–water partition coefficient (Wildman–Crippen LogP) is 5.38. The number of rotatable bonds is 8. The maximum Gasteiger partial charge on any atom is 0.255 e. The molecular weight excluding hydrogens is 441 g/mol. The van der Waals surface area contributed by atoms with Crippen molar-refractivity contribution in [2.75, 3.05) is 5.32 Å². The fraction of sp³-hybridized carbons (Fsp3) is 0.103. The summed E-state index contributed by atoms with van der Waals surface area (Å²) in [6.45, 7) is 0.900. The average molecular weight is 468 g/mol. The van der Waals surface area contributed by atoms with Crippen molar-refractivity contribution < 1.29 is 14.0 Å². The molecule has 35 heavy (non-hydrogen) atoms. The molecule has 3 N–H and O–H groups in total. The number of nitrogens with two attached hydrogens (primary N) is 1. The largest absolute Gasteiger partial charge is 0.330 e. The molecule has 0 aliphatic heterocycles. The van der Waals surface area contributed by atoms with Gasteiger partial charge in [-0.25, -0.2) is 4.39 Å². The first kappa shape index (κ1) is 23.9. The zero-order valence-corrected chi connectivity index (χ0v) is 19.2. The van der Waals surface area contributed by atoms with E-state index in [-0.39, 0.29) is 23.9 Å². The topological polar surface area (TPSA) is 75.4 Å². The summed E-state index contributed by atoms with van der Waals surface area (Å²) in [7, 11) is 0. The van der Waals surface area contributed by atoms with Gasteiger partial charge in [0.15, 0.2) is 0 Å². The number of hydrogen-bond acceptors (Lipinski definition) is 3. The van der Waals surface area contributed by atoms with Crippen LogP contribution in [0.25, 0.3) is 0 Å². The summed E-state index contributed by atoms with van der Waals surface area (Å²) in [6, 6.07) is 29.6.